The van der Waals surface area contributed by atoms with Gasteiger partial charge in [0.05, 0.1) is 11.9 Å². The van der Waals surface area contributed by atoms with Crippen LogP contribution in [0.5, 0.6) is 5.75 Å². The Labute approximate surface area is 110 Å². The van der Waals surface area contributed by atoms with E-state index in [1.807, 2.05) is 6.07 Å². The molecule has 5 heteroatoms. The Bertz CT molecular complexity index is 633. The zero-order valence-corrected chi connectivity index (χ0v) is 10.6. The minimum atomic E-state index is -0.252. The number of aryl methyl sites for hydroxylation is 2. The molecule has 1 aromatic heterocycles. The van der Waals surface area contributed by atoms with E-state index < -0.39 is 0 Å². The Morgan fingerprint density at radius 1 is 1.47 bits per heavy atom. The molecule has 0 aliphatic carbocycles. The van der Waals surface area contributed by atoms with E-state index in [-0.39, 0.29) is 17.4 Å². The number of carbonyl (C=O) groups excluding carboxylic acids is 1. The SMILES string of the molecule is Cc1cnoc1C(=O)N1CCCc2cccc(O)c21. The van der Waals surface area contributed by atoms with Crippen LogP contribution in [0.4, 0.5) is 5.69 Å². The zero-order chi connectivity index (χ0) is 13.4. The van der Waals surface area contributed by atoms with Crippen molar-refractivity contribution in [2.45, 2.75) is 19.8 Å². The van der Waals surface area contributed by atoms with Crippen LogP contribution in [0, 0.1) is 6.92 Å². The monoisotopic (exact) mass is 258 g/mol. The van der Waals surface area contributed by atoms with Gasteiger partial charge in [0.2, 0.25) is 5.76 Å². The summed E-state index contributed by atoms with van der Waals surface area (Å²) in [5.41, 5.74) is 2.28. The molecule has 1 aromatic carbocycles. The van der Waals surface area contributed by atoms with Crippen LogP contribution in [0.15, 0.2) is 28.9 Å². The Balaban J connectivity index is 2.05. The lowest BCUT2D eigenvalue weighted by Crippen LogP contribution is -2.35. The highest BCUT2D eigenvalue weighted by Gasteiger charge is 2.29. The van der Waals surface area contributed by atoms with Gasteiger partial charge in [-0.15, -0.1) is 0 Å². The zero-order valence-electron chi connectivity index (χ0n) is 10.6. The number of hydrogen-bond donors (Lipinski definition) is 1. The van der Waals surface area contributed by atoms with Gasteiger partial charge in [0.25, 0.3) is 5.91 Å². The smallest absolute Gasteiger partial charge is 0.297 e. The molecular formula is C14H14N2O3. The van der Waals surface area contributed by atoms with Crippen molar-refractivity contribution in [3.63, 3.8) is 0 Å². The number of amides is 1. The van der Waals surface area contributed by atoms with Gasteiger partial charge in [0.1, 0.15) is 5.75 Å². The summed E-state index contributed by atoms with van der Waals surface area (Å²) in [6, 6.07) is 5.32. The number of fused-ring (bicyclic) bond motifs is 1. The average Bonchev–Trinajstić information content (AvgIpc) is 2.84. The van der Waals surface area contributed by atoms with Crippen molar-refractivity contribution in [3.05, 3.63) is 41.3 Å². The third-order valence-corrected chi connectivity index (χ3v) is 3.38. The van der Waals surface area contributed by atoms with E-state index in [0.29, 0.717) is 17.8 Å². The minimum absolute atomic E-state index is 0.128. The number of rotatable bonds is 1. The summed E-state index contributed by atoms with van der Waals surface area (Å²) in [5, 5.41) is 13.6. The third kappa shape index (κ3) is 1.87. The number of hydrogen-bond acceptors (Lipinski definition) is 4. The first-order valence-corrected chi connectivity index (χ1v) is 6.22. The lowest BCUT2D eigenvalue weighted by atomic mass is 10.0. The maximum absolute atomic E-state index is 12.5. The summed E-state index contributed by atoms with van der Waals surface area (Å²) in [4.78, 5) is 14.0. The highest BCUT2D eigenvalue weighted by Crippen LogP contribution is 2.36. The van der Waals surface area contributed by atoms with Crippen molar-refractivity contribution >= 4 is 11.6 Å². The summed E-state index contributed by atoms with van der Waals surface area (Å²) in [7, 11) is 0. The van der Waals surface area contributed by atoms with E-state index in [9.17, 15) is 9.90 Å². The first-order valence-electron chi connectivity index (χ1n) is 6.22. The van der Waals surface area contributed by atoms with Crippen LogP contribution in [-0.2, 0) is 6.42 Å². The maximum atomic E-state index is 12.5. The Morgan fingerprint density at radius 3 is 3.05 bits per heavy atom. The molecule has 0 atom stereocenters. The van der Waals surface area contributed by atoms with Gasteiger partial charge in [0.15, 0.2) is 0 Å². The number of benzene rings is 1. The van der Waals surface area contributed by atoms with Gasteiger partial charge in [-0.25, -0.2) is 0 Å². The number of aromatic hydroxyl groups is 1. The first kappa shape index (κ1) is 11.8. The molecule has 98 valence electrons. The molecule has 0 fully saturated rings. The quantitative estimate of drug-likeness (QED) is 0.852. The van der Waals surface area contributed by atoms with Crippen LogP contribution in [0.1, 0.15) is 28.1 Å². The summed E-state index contributed by atoms with van der Waals surface area (Å²) < 4.78 is 5.01. The van der Waals surface area contributed by atoms with E-state index in [4.69, 9.17) is 4.52 Å². The second-order valence-corrected chi connectivity index (χ2v) is 4.68. The molecule has 1 N–H and O–H groups in total. The van der Waals surface area contributed by atoms with Crippen molar-refractivity contribution < 1.29 is 14.4 Å². The van der Waals surface area contributed by atoms with Crippen LogP contribution in [0.2, 0.25) is 0 Å². The lowest BCUT2D eigenvalue weighted by molar-refractivity contribution is 0.0947. The van der Waals surface area contributed by atoms with Crippen LogP contribution < -0.4 is 4.90 Å². The Hall–Kier alpha value is -2.30. The van der Waals surface area contributed by atoms with Crippen LogP contribution in [0.25, 0.3) is 0 Å². The lowest BCUT2D eigenvalue weighted by Gasteiger charge is -2.29. The molecule has 2 aromatic rings. The highest BCUT2D eigenvalue weighted by atomic mass is 16.5. The van der Waals surface area contributed by atoms with Crippen molar-refractivity contribution in [1.29, 1.82) is 0 Å². The summed E-state index contributed by atoms with van der Waals surface area (Å²) >= 11 is 0. The number of phenolic OH excluding ortho intramolecular Hbond substituents is 1. The van der Waals surface area contributed by atoms with E-state index in [2.05, 4.69) is 5.16 Å². The summed E-state index contributed by atoms with van der Waals surface area (Å²) in [5.74, 6) is 0.108. The number of carbonyl (C=O) groups is 1. The molecule has 5 nitrogen and oxygen atoms in total. The second-order valence-electron chi connectivity index (χ2n) is 4.68. The molecule has 0 radical (unpaired) electrons. The predicted octanol–water partition coefficient (Wildman–Crippen LogP) is 2.28. The molecular weight excluding hydrogens is 244 g/mol. The van der Waals surface area contributed by atoms with E-state index >= 15 is 0 Å². The number of aromatic nitrogens is 1. The summed E-state index contributed by atoms with van der Waals surface area (Å²) in [6.07, 6.45) is 3.25. The molecule has 1 aliphatic heterocycles. The van der Waals surface area contributed by atoms with Crippen molar-refractivity contribution in [2.75, 3.05) is 11.4 Å². The van der Waals surface area contributed by atoms with E-state index in [1.165, 1.54) is 6.20 Å². The van der Waals surface area contributed by atoms with Crippen LogP contribution >= 0.6 is 0 Å². The molecule has 19 heavy (non-hydrogen) atoms. The normalized spacial score (nSPS) is 14.3. The van der Waals surface area contributed by atoms with E-state index in [0.717, 1.165) is 18.4 Å². The van der Waals surface area contributed by atoms with Crippen LogP contribution in [0.3, 0.4) is 0 Å². The molecule has 2 heterocycles. The molecule has 3 rings (SSSR count). The molecule has 0 bridgehead atoms. The standard InChI is InChI=1S/C14H14N2O3/c1-9-8-15-19-13(9)14(18)16-7-3-5-10-4-2-6-11(17)12(10)16/h2,4,6,8,17H,3,5,7H2,1H3. The molecule has 0 unspecified atom stereocenters. The Kier molecular flexibility index (Phi) is 2.74. The fourth-order valence-electron chi connectivity index (χ4n) is 2.45. The molecule has 1 amide bonds. The average molecular weight is 258 g/mol. The number of anilines is 1. The molecule has 0 saturated carbocycles. The molecule has 0 saturated heterocycles. The fourth-order valence-corrected chi connectivity index (χ4v) is 2.45. The van der Waals surface area contributed by atoms with Gasteiger partial charge in [-0.2, -0.15) is 0 Å². The predicted molar refractivity (Wildman–Crippen MR) is 69.3 cm³/mol. The number of nitrogens with zero attached hydrogens (tertiary/aromatic N) is 2. The van der Waals surface area contributed by atoms with Gasteiger partial charge in [-0.1, -0.05) is 17.3 Å². The van der Waals surface area contributed by atoms with Crippen LogP contribution in [-0.4, -0.2) is 22.7 Å². The third-order valence-electron chi connectivity index (χ3n) is 3.38. The van der Waals surface area contributed by atoms with Crippen molar-refractivity contribution in [2.24, 2.45) is 0 Å². The Morgan fingerprint density at radius 2 is 2.32 bits per heavy atom. The largest absolute Gasteiger partial charge is 0.506 e. The second kappa shape index (κ2) is 4.42. The number of para-hydroxylation sites is 1. The van der Waals surface area contributed by atoms with Gasteiger partial charge in [0, 0.05) is 12.1 Å². The van der Waals surface area contributed by atoms with Gasteiger partial charge < -0.3 is 14.5 Å². The van der Waals surface area contributed by atoms with E-state index in [1.54, 1.807) is 24.0 Å². The van der Waals surface area contributed by atoms with Gasteiger partial charge in [-0.05, 0) is 31.4 Å². The molecule has 1 aliphatic rings. The van der Waals surface area contributed by atoms with Gasteiger partial charge >= 0.3 is 0 Å². The van der Waals surface area contributed by atoms with Crippen molar-refractivity contribution in [3.8, 4) is 5.75 Å². The minimum Gasteiger partial charge on any atom is -0.506 e. The molecule has 0 spiro atoms. The first-order chi connectivity index (χ1) is 9.18. The highest BCUT2D eigenvalue weighted by molar-refractivity contribution is 6.06. The van der Waals surface area contributed by atoms with Gasteiger partial charge in [-0.3, -0.25) is 4.79 Å². The summed E-state index contributed by atoms with van der Waals surface area (Å²) in [6.45, 7) is 2.35. The fraction of sp³-hybridized carbons (Fsp3) is 0.286. The van der Waals surface area contributed by atoms with Crippen molar-refractivity contribution in [1.82, 2.24) is 5.16 Å². The topological polar surface area (TPSA) is 66.6 Å². The maximum Gasteiger partial charge on any atom is 0.297 e. The number of phenols is 1.